The first-order chi connectivity index (χ1) is 12.2. The highest BCUT2D eigenvalue weighted by Gasteiger charge is 2.15. The molecule has 0 bridgehead atoms. The molecule has 0 amide bonds. The van der Waals surface area contributed by atoms with Crippen LogP contribution in [0.5, 0.6) is 11.8 Å². The van der Waals surface area contributed by atoms with Gasteiger partial charge < -0.3 is 19.6 Å². The van der Waals surface area contributed by atoms with Crippen LogP contribution in [-0.4, -0.2) is 39.3 Å². The molecule has 0 fully saturated rings. The molecule has 4 rings (SSSR count). The molecule has 8 heteroatoms. The molecule has 25 heavy (non-hydrogen) atoms. The van der Waals surface area contributed by atoms with Gasteiger partial charge in [0.05, 0.1) is 18.7 Å². The Morgan fingerprint density at radius 2 is 2.16 bits per heavy atom. The summed E-state index contributed by atoms with van der Waals surface area (Å²) in [6.45, 7) is 2.26. The Morgan fingerprint density at radius 3 is 2.96 bits per heavy atom. The van der Waals surface area contributed by atoms with E-state index < -0.39 is 0 Å². The van der Waals surface area contributed by atoms with Crippen LogP contribution in [0.1, 0.15) is 6.92 Å². The lowest BCUT2D eigenvalue weighted by atomic mass is 10.3. The molecule has 0 spiro atoms. The molecular formula is C17H17N5O3. The van der Waals surface area contributed by atoms with Crippen LogP contribution in [0.2, 0.25) is 0 Å². The molecule has 0 unspecified atom stereocenters. The molecule has 0 aliphatic rings. The van der Waals surface area contributed by atoms with E-state index in [-0.39, 0.29) is 6.04 Å². The van der Waals surface area contributed by atoms with Gasteiger partial charge in [0.25, 0.3) is 0 Å². The van der Waals surface area contributed by atoms with Crippen molar-refractivity contribution in [3.05, 3.63) is 36.7 Å². The maximum atomic E-state index is 5.92. The normalized spacial score (nSPS) is 12.6. The van der Waals surface area contributed by atoms with E-state index in [1.54, 1.807) is 36.2 Å². The van der Waals surface area contributed by atoms with E-state index >= 15 is 0 Å². The maximum absolute atomic E-state index is 5.92. The molecule has 2 N–H and O–H groups in total. The van der Waals surface area contributed by atoms with E-state index in [1.807, 2.05) is 19.1 Å². The quantitative estimate of drug-likeness (QED) is 0.595. The van der Waals surface area contributed by atoms with Crippen molar-refractivity contribution in [1.29, 1.82) is 0 Å². The van der Waals surface area contributed by atoms with Gasteiger partial charge in [-0.05, 0) is 19.1 Å². The summed E-state index contributed by atoms with van der Waals surface area (Å²) >= 11 is 0. The molecule has 128 valence electrons. The van der Waals surface area contributed by atoms with E-state index in [2.05, 4.69) is 15.1 Å². The Hall–Kier alpha value is -3.13. The predicted octanol–water partition coefficient (Wildman–Crippen LogP) is 2.27. The summed E-state index contributed by atoms with van der Waals surface area (Å²) in [5.74, 6) is 1.60. The molecule has 0 aromatic carbocycles. The van der Waals surface area contributed by atoms with Gasteiger partial charge in [0.1, 0.15) is 17.9 Å². The Kier molecular flexibility index (Phi) is 3.73. The van der Waals surface area contributed by atoms with Gasteiger partial charge in [-0.25, -0.2) is 14.5 Å². The van der Waals surface area contributed by atoms with Crippen LogP contribution in [-0.2, 0) is 0 Å². The molecule has 0 radical (unpaired) electrons. The van der Waals surface area contributed by atoms with Crippen LogP contribution in [0.15, 0.2) is 41.1 Å². The Morgan fingerprint density at radius 1 is 1.28 bits per heavy atom. The van der Waals surface area contributed by atoms with Crippen LogP contribution in [0.4, 0.5) is 0 Å². The van der Waals surface area contributed by atoms with E-state index in [4.69, 9.17) is 19.6 Å². The van der Waals surface area contributed by atoms with Crippen molar-refractivity contribution in [3.63, 3.8) is 0 Å². The minimum atomic E-state index is -0.0740. The fraction of sp³-hybridized carbons (Fsp3) is 0.235. The van der Waals surface area contributed by atoms with Gasteiger partial charge in [-0.1, -0.05) is 0 Å². The second-order valence-electron chi connectivity index (χ2n) is 5.72. The fourth-order valence-electron chi connectivity index (χ4n) is 2.55. The highest BCUT2D eigenvalue weighted by Crippen LogP contribution is 2.32. The molecule has 0 aliphatic heterocycles. The van der Waals surface area contributed by atoms with Crippen molar-refractivity contribution in [2.75, 3.05) is 13.7 Å². The third-order valence-corrected chi connectivity index (χ3v) is 3.69. The van der Waals surface area contributed by atoms with E-state index in [1.165, 1.54) is 0 Å². The Balaban J connectivity index is 1.79. The highest BCUT2D eigenvalue weighted by molar-refractivity contribution is 5.86. The summed E-state index contributed by atoms with van der Waals surface area (Å²) < 4.78 is 18.5. The van der Waals surface area contributed by atoms with E-state index in [9.17, 15) is 0 Å². The summed E-state index contributed by atoms with van der Waals surface area (Å²) in [5.41, 5.74) is 7.80. The van der Waals surface area contributed by atoms with Crippen molar-refractivity contribution in [2.24, 2.45) is 5.73 Å². The minimum Gasteiger partial charge on any atom is -0.480 e. The fourth-order valence-corrected chi connectivity index (χ4v) is 2.55. The lowest BCUT2D eigenvalue weighted by molar-refractivity contribution is 0.281. The second-order valence-corrected chi connectivity index (χ2v) is 5.72. The van der Waals surface area contributed by atoms with E-state index in [0.717, 1.165) is 5.39 Å². The number of hydrogen-bond acceptors (Lipinski definition) is 7. The van der Waals surface area contributed by atoms with Crippen molar-refractivity contribution >= 4 is 16.6 Å². The molecule has 4 heterocycles. The van der Waals surface area contributed by atoms with Gasteiger partial charge in [-0.15, -0.1) is 5.10 Å². The van der Waals surface area contributed by atoms with Crippen LogP contribution < -0.4 is 15.2 Å². The number of imidazole rings is 1. The first kappa shape index (κ1) is 15.4. The number of nitrogens with two attached hydrogens (primary N) is 1. The zero-order valence-electron chi connectivity index (χ0n) is 13.8. The average Bonchev–Trinajstić information content (AvgIpc) is 3.22. The molecule has 1 atom stereocenters. The zero-order chi connectivity index (χ0) is 17.4. The van der Waals surface area contributed by atoms with Gasteiger partial charge in [-0.3, -0.25) is 0 Å². The molecule has 0 saturated carbocycles. The summed E-state index contributed by atoms with van der Waals surface area (Å²) in [6.07, 6.45) is 3.34. The minimum absolute atomic E-state index is 0.0740. The van der Waals surface area contributed by atoms with Gasteiger partial charge >= 0.3 is 0 Å². The highest BCUT2D eigenvalue weighted by atomic mass is 16.5. The Bertz CT molecular complexity index is 1040. The zero-order valence-corrected chi connectivity index (χ0v) is 13.8. The van der Waals surface area contributed by atoms with Gasteiger partial charge in [-0.2, -0.15) is 0 Å². The molecule has 0 aliphatic carbocycles. The number of hydrogen-bond donors (Lipinski definition) is 1. The first-order valence-electron chi connectivity index (χ1n) is 7.82. The van der Waals surface area contributed by atoms with Crippen molar-refractivity contribution < 1.29 is 13.9 Å². The number of fused-ring (bicyclic) bond motifs is 2. The Labute approximate surface area is 143 Å². The van der Waals surface area contributed by atoms with Crippen LogP contribution >= 0.6 is 0 Å². The number of aromatic nitrogens is 4. The summed E-state index contributed by atoms with van der Waals surface area (Å²) in [4.78, 5) is 8.54. The van der Waals surface area contributed by atoms with E-state index in [0.29, 0.717) is 41.1 Å². The molecular weight excluding hydrogens is 322 g/mol. The third-order valence-electron chi connectivity index (χ3n) is 3.69. The SMILES string of the molecule is COc1nccc2oc(-c3cnc4ccc(OC[C@@H](C)N)nn34)cc12. The number of ether oxygens (including phenoxy) is 2. The molecule has 4 aromatic heterocycles. The summed E-state index contributed by atoms with van der Waals surface area (Å²) in [6, 6.07) is 7.17. The third kappa shape index (κ3) is 2.76. The van der Waals surface area contributed by atoms with Crippen LogP contribution in [0, 0.1) is 0 Å². The summed E-state index contributed by atoms with van der Waals surface area (Å²) in [5, 5.41) is 5.26. The summed E-state index contributed by atoms with van der Waals surface area (Å²) in [7, 11) is 1.58. The second kappa shape index (κ2) is 6.06. The van der Waals surface area contributed by atoms with Gasteiger partial charge in [0.15, 0.2) is 11.4 Å². The number of rotatable bonds is 5. The smallest absolute Gasteiger partial charge is 0.231 e. The lowest BCUT2D eigenvalue weighted by Crippen LogP contribution is -2.24. The number of pyridine rings is 1. The lowest BCUT2D eigenvalue weighted by Gasteiger charge is -2.08. The number of methoxy groups -OCH3 is 1. The molecule has 0 saturated heterocycles. The number of furan rings is 1. The van der Waals surface area contributed by atoms with Crippen LogP contribution in [0.25, 0.3) is 28.1 Å². The monoisotopic (exact) mass is 339 g/mol. The number of nitrogens with zero attached hydrogens (tertiary/aromatic N) is 4. The van der Waals surface area contributed by atoms with Crippen LogP contribution in [0.3, 0.4) is 0 Å². The van der Waals surface area contributed by atoms with Gasteiger partial charge in [0.2, 0.25) is 11.8 Å². The topological polar surface area (TPSA) is 101 Å². The average molecular weight is 339 g/mol. The standard InChI is InChI=1S/C17H17N5O3/c1-10(18)9-24-16-4-3-15-20-8-12(22(15)21-16)14-7-11-13(25-14)5-6-19-17(11)23-2/h3-8,10H,9,18H2,1-2H3/t10-/m1/s1. The van der Waals surface area contributed by atoms with Crippen molar-refractivity contribution in [3.8, 4) is 23.2 Å². The molecule has 4 aromatic rings. The van der Waals surface area contributed by atoms with Crippen molar-refractivity contribution in [2.45, 2.75) is 13.0 Å². The van der Waals surface area contributed by atoms with Gasteiger partial charge in [0, 0.05) is 24.4 Å². The largest absolute Gasteiger partial charge is 0.480 e. The molecule has 8 nitrogen and oxygen atoms in total. The predicted molar refractivity (Wildman–Crippen MR) is 91.7 cm³/mol. The van der Waals surface area contributed by atoms with Crippen molar-refractivity contribution in [1.82, 2.24) is 19.6 Å². The maximum Gasteiger partial charge on any atom is 0.231 e. The first-order valence-corrected chi connectivity index (χ1v) is 7.82.